The van der Waals surface area contributed by atoms with Gasteiger partial charge in [0.25, 0.3) is 0 Å². The number of benzene rings is 1. The number of likely N-dealkylation sites (N-methyl/N-ethyl adjacent to an activating group) is 1. The Labute approximate surface area is 181 Å². The van der Waals surface area contributed by atoms with E-state index in [1.54, 1.807) is 7.05 Å². The van der Waals surface area contributed by atoms with Crippen molar-refractivity contribution < 1.29 is 14.3 Å². The third kappa shape index (κ3) is 8.81. The molecule has 1 atom stereocenters. The van der Waals surface area contributed by atoms with Gasteiger partial charge in [0.15, 0.2) is 0 Å². The summed E-state index contributed by atoms with van der Waals surface area (Å²) in [4.78, 5) is 31.2. The summed E-state index contributed by atoms with van der Waals surface area (Å²) < 4.78 is 5.45. The van der Waals surface area contributed by atoms with E-state index in [1.807, 2.05) is 39.0 Å². The van der Waals surface area contributed by atoms with Gasteiger partial charge in [-0.05, 0) is 33.3 Å². The van der Waals surface area contributed by atoms with Crippen molar-refractivity contribution in [2.24, 2.45) is 0 Å². The molecule has 0 aliphatic carbocycles. The van der Waals surface area contributed by atoms with Crippen LogP contribution in [0.5, 0.6) is 0 Å². The van der Waals surface area contributed by atoms with Gasteiger partial charge >= 0.3 is 0 Å². The van der Waals surface area contributed by atoms with E-state index in [4.69, 9.17) is 4.74 Å². The lowest BCUT2D eigenvalue weighted by Gasteiger charge is -2.35. The molecule has 2 rings (SSSR count). The summed E-state index contributed by atoms with van der Waals surface area (Å²) in [5.41, 5.74) is 0.861. The normalized spacial score (nSPS) is 16.3. The maximum absolute atomic E-state index is 12.9. The molecule has 1 unspecified atom stereocenters. The number of nitrogens with zero attached hydrogens (tertiary/aromatic N) is 3. The van der Waals surface area contributed by atoms with E-state index in [-0.39, 0.29) is 36.5 Å². The standard InChI is InChI=1S/C23H38N4O3/c1-19(15-26-11-13-30-14-12-26)27(16-20-9-7-6-8-10-20)18-22(29)25(5)17-21(28)24-23(2,3)4/h6-10,19H,11-18H2,1-5H3,(H,24,28). The van der Waals surface area contributed by atoms with Crippen LogP contribution < -0.4 is 5.32 Å². The van der Waals surface area contributed by atoms with Crippen LogP contribution in [0.3, 0.4) is 0 Å². The maximum Gasteiger partial charge on any atom is 0.240 e. The second-order valence-electron chi connectivity index (χ2n) is 9.20. The van der Waals surface area contributed by atoms with Gasteiger partial charge in [-0.15, -0.1) is 0 Å². The third-order valence-corrected chi connectivity index (χ3v) is 5.14. The molecule has 7 nitrogen and oxygen atoms in total. The predicted octanol–water partition coefficient (Wildman–Crippen LogP) is 1.58. The van der Waals surface area contributed by atoms with Gasteiger partial charge in [0.05, 0.1) is 26.3 Å². The first-order valence-corrected chi connectivity index (χ1v) is 10.8. The lowest BCUT2D eigenvalue weighted by Crippen LogP contribution is -2.50. The number of nitrogens with one attached hydrogen (secondary N) is 1. The van der Waals surface area contributed by atoms with Crippen LogP contribution in [0.2, 0.25) is 0 Å². The first-order chi connectivity index (χ1) is 14.1. The van der Waals surface area contributed by atoms with Crippen molar-refractivity contribution in [2.45, 2.75) is 45.8 Å². The summed E-state index contributed by atoms with van der Waals surface area (Å²) in [5, 5.41) is 2.91. The lowest BCUT2D eigenvalue weighted by atomic mass is 10.1. The van der Waals surface area contributed by atoms with Crippen LogP contribution in [-0.4, -0.2) is 91.1 Å². The summed E-state index contributed by atoms with van der Waals surface area (Å²) in [7, 11) is 1.69. The average Bonchev–Trinajstić information content (AvgIpc) is 2.67. The lowest BCUT2D eigenvalue weighted by molar-refractivity contribution is -0.136. The SMILES string of the molecule is CC(CN1CCOCC1)N(CC(=O)N(C)CC(=O)NC(C)(C)C)Cc1ccccc1. The first-order valence-electron chi connectivity index (χ1n) is 10.8. The minimum Gasteiger partial charge on any atom is -0.379 e. The van der Waals surface area contributed by atoms with Gasteiger partial charge in [-0.2, -0.15) is 0 Å². The van der Waals surface area contributed by atoms with Crippen molar-refractivity contribution in [3.8, 4) is 0 Å². The second kappa shape index (κ2) is 11.4. The maximum atomic E-state index is 12.9. The summed E-state index contributed by atoms with van der Waals surface area (Å²) in [6.07, 6.45) is 0. The monoisotopic (exact) mass is 418 g/mol. The van der Waals surface area contributed by atoms with Crippen molar-refractivity contribution in [2.75, 3.05) is 53.0 Å². The van der Waals surface area contributed by atoms with E-state index < -0.39 is 0 Å². The highest BCUT2D eigenvalue weighted by molar-refractivity contribution is 5.85. The fourth-order valence-electron chi connectivity index (χ4n) is 3.51. The highest BCUT2D eigenvalue weighted by Crippen LogP contribution is 2.11. The van der Waals surface area contributed by atoms with Crippen LogP contribution in [0.25, 0.3) is 0 Å². The molecule has 0 aromatic heterocycles. The number of carbonyl (C=O) groups excluding carboxylic acids is 2. The van der Waals surface area contributed by atoms with Gasteiger partial charge in [0.2, 0.25) is 11.8 Å². The molecule has 7 heteroatoms. The van der Waals surface area contributed by atoms with Crippen LogP contribution in [0.1, 0.15) is 33.3 Å². The molecular weight excluding hydrogens is 380 g/mol. The number of hydrogen-bond acceptors (Lipinski definition) is 5. The number of ether oxygens (including phenoxy) is 1. The summed E-state index contributed by atoms with van der Waals surface area (Å²) in [6, 6.07) is 10.4. The summed E-state index contributed by atoms with van der Waals surface area (Å²) in [6.45, 7) is 13.2. The molecule has 168 valence electrons. The molecule has 0 radical (unpaired) electrons. The molecule has 1 aliphatic heterocycles. The Bertz CT molecular complexity index is 669. The van der Waals surface area contributed by atoms with Gasteiger partial charge in [-0.25, -0.2) is 0 Å². The Morgan fingerprint density at radius 1 is 1.13 bits per heavy atom. The molecule has 30 heavy (non-hydrogen) atoms. The Balaban J connectivity index is 1.99. The molecule has 0 spiro atoms. The molecule has 1 heterocycles. The second-order valence-corrected chi connectivity index (χ2v) is 9.20. The Morgan fingerprint density at radius 2 is 1.77 bits per heavy atom. The Morgan fingerprint density at radius 3 is 2.37 bits per heavy atom. The van der Waals surface area contributed by atoms with E-state index in [9.17, 15) is 9.59 Å². The molecule has 1 N–H and O–H groups in total. The van der Waals surface area contributed by atoms with Crippen molar-refractivity contribution in [1.82, 2.24) is 20.0 Å². The number of morpholine rings is 1. The highest BCUT2D eigenvalue weighted by atomic mass is 16.5. The minimum absolute atomic E-state index is 0.0520. The van der Waals surface area contributed by atoms with Gasteiger partial charge in [0.1, 0.15) is 0 Å². The van der Waals surface area contributed by atoms with Crippen LogP contribution in [0.4, 0.5) is 0 Å². The molecule has 2 amide bonds. The molecule has 1 fully saturated rings. The molecule has 1 aliphatic rings. The molecule has 1 aromatic carbocycles. The zero-order chi connectivity index (χ0) is 22.1. The number of carbonyl (C=O) groups is 2. The fourth-order valence-corrected chi connectivity index (χ4v) is 3.51. The van der Waals surface area contributed by atoms with Gasteiger partial charge in [-0.1, -0.05) is 30.3 Å². The smallest absolute Gasteiger partial charge is 0.240 e. The van der Waals surface area contributed by atoms with Crippen LogP contribution in [0, 0.1) is 0 Å². The number of hydrogen-bond donors (Lipinski definition) is 1. The zero-order valence-corrected chi connectivity index (χ0v) is 19.2. The number of rotatable bonds is 9. The van der Waals surface area contributed by atoms with E-state index in [2.05, 4.69) is 34.2 Å². The van der Waals surface area contributed by atoms with Crippen molar-refractivity contribution in [3.63, 3.8) is 0 Å². The van der Waals surface area contributed by atoms with Crippen molar-refractivity contribution in [3.05, 3.63) is 35.9 Å². The third-order valence-electron chi connectivity index (χ3n) is 5.14. The van der Waals surface area contributed by atoms with Crippen LogP contribution in [-0.2, 0) is 20.9 Å². The van der Waals surface area contributed by atoms with Crippen LogP contribution >= 0.6 is 0 Å². The Kier molecular flexibility index (Phi) is 9.27. The van der Waals surface area contributed by atoms with Gasteiger partial charge in [0, 0.05) is 44.8 Å². The predicted molar refractivity (Wildman–Crippen MR) is 119 cm³/mol. The zero-order valence-electron chi connectivity index (χ0n) is 19.2. The molecule has 0 saturated carbocycles. The molecule has 1 saturated heterocycles. The largest absolute Gasteiger partial charge is 0.379 e. The van der Waals surface area contributed by atoms with Crippen molar-refractivity contribution in [1.29, 1.82) is 0 Å². The van der Waals surface area contributed by atoms with E-state index in [1.165, 1.54) is 10.5 Å². The first kappa shape index (κ1) is 24.3. The van der Waals surface area contributed by atoms with Gasteiger partial charge in [-0.3, -0.25) is 19.4 Å². The summed E-state index contributed by atoms with van der Waals surface area (Å²) >= 11 is 0. The minimum atomic E-state index is -0.313. The topological polar surface area (TPSA) is 65.1 Å². The molecule has 1 aromatic rings. The van der Waals surface area contributed by atoms with Gasteiger partial charge < -0.3 is 15.0 Å². The molecule has 0 bridgehead atoms. The molecular formula is C23H38N4O3. The Hall–Kier alpha value is -1.96. The van der Waals surface area contributed by atoms with E-state index in [0.717, 1.165) is 32.8 Å². The fraction of sp³-hybridized carbons (Fsp3) is 0.652. The van der Waals surface area contributed by atoms with Crippen molar-refractivity contribution >= 4 is 11.8 Å². The summed E-state index contributed by atoms with van der Waals surface area (Å²) in [5.74, 6) is -0.196. The van der Waals surface area contributed by atoms with E-state index >= 15 is 0 Å². The van der Waals surface area contributed by atoms with Crippen LogP contribution in [0.15, 0.2) is 30.3 Å². The van der Waals surface area contributed by atoms with E-state index in [0.29, 0.717) is 6.54 Å². The number of amides is 2. The highest BCUT2D eigenvalue weighted by Gasteiger charge is 2.24. The average molecular weight is 419 g/mol. The quantitative estimate of drug-likeness (QED) is 0.660.